The van der Waals surface area contributed by atoms with Crippen molar-refractivity contribution in [2.45, 2.75) is 57.6 Å². The quantitative estimate of drug-likeness (QED) is 0.738. The third-order valence-electron chi connectivity index (χ3n) is 4.56. The Morgan fingerprint density at radius 1 is 1.19 bits per heavy atom. The molecule has 2 atom stereocenters. The van der Waals surface area contributed by atoms with Gasteiger partial charge in [-0.3, -0.25) is 4.79 Å². The molecule has 2 aliphatic rings. The largest absolute Gasteiger partial charge is 0.481 e. The van der Waals surface area contributed by atoms with Crippen LogP contribution >= 0.6 is 0 Å². The number of carboxylic acids is 1. The molecular weight excluding hydrogens is 272 g/mol. The lowest BCUT2D eigenvalue weighted by molar-refractivity contribution is -0.142. The van der Waals surface area contributed by atoms with Crippen molar-refractivity contribution in [1.82, 2.24) is 10.6 Å². The van der Waals surface area contributed by atoms with E-state index in [1.807, 2.05) is 0 Å². The highest BCUT2D eigenvalue weighted by Crippen LogP contribution is 2.24. The number of amides is 2. The lowest BCUT2D eigenvalue weighted by Crippen LogP contribution is -2.46. The van der Waals surface area contributed by atoms with Gasteiger partial charge in [-0.1, -0.05) is 0 Å². The van der Waals surface area contributed by atoms with Gasteiger partial charge < -0.3 is 20.5 Å². The lowest BCUT2D eigenvalue weighted by atomic mass is 9.86. The van der Waals surface area contributed by atoms with E-state index in [9.17, 15) is 9.59 Å². The van der Waals surface area contributed by atoms with Crippen LogP contribution in [0.1, 0.15) is 45.4 Å². The van der Waals surface area contributed by atoms with Gasteiger partial charge in [0.1, 0.15) is 0 Å². The molecule has 0 radical (unpaired) electrons. The molecule has 1 heterocycles. The van der Waals surface area contributed by atoms with Crippen LogP contribution in [0.2, 0.25) is 0 Å². The fourth-order valence-electron chi connectivity index (χ4n) is 3.23. The first-order valence-electron chi connectivity index (χ1n) is 7.93. The standard InChI is InChI=1S/C15H26N2O4/c1-10-8-11(6-7-21-10)9-16-15(20)17-13-4-2-12(3-5-13)14(18)19/h10-13H,2-9H2,1H3,(H,18,19)(H2,16,17,20). The molecule has 6 nitrogen and oxygen atoms in total. The van der Waals surface area contributed by atoms with E-state index in [1.165, 1.54) is 0 Å². The van der Waals surface area contributed by atoms with Crippen LogP contribution in [-0.2, 0) is 9.53 Å². The summed E-state index contributed by atoms with van der Waals surface area (Å²) in [6.45, 7) is 3.52. The van der Waals surface area contributed by atoms with Crippen molar-refractivity contribution >= 4 is 12.0 Å². The number of aliphatic carboxylic acids is 1. The van der Waals surface area contributed by atoms with Gasteiger partial charge in [-0.2, -0.15) is 0 Å². The topological polar surface area (TPSA) is 87.7 Å². The minimum absolute atomic E-state index is 0.106. The summed E-state index contributed by atoms with van der Waals surface area (Å²) in [4.78, 5) is 22.8. The summed E-state index contributed by atoms with van der Waals surface area (Å²) < 4.78 is 5.49. The predicted octanol–water partition coefficient (Wildman–Crippen LogP) is 1.74. The second-order valence-corrected chi connectivity index (χ2v) is 6.31. The van der Waals surface area contributed by atoms with Gasteiger partial charge in [0.15, 0.2) is 0 Å². The monoisotopic (exact) mass is 298 g/mol. The number of hydrogen-bond acceptors (Lipinski definition) is 3. The number of carbonyl (C=O) groups excluding carboxylic acids is 1. The first-order chi connectivity index (χ1) is 10.0. The van der Waals surface area contributed by atoms with Crippen molar-refractivity contribution in [3.05, 3.63) is 0 Å². The minimum atomic E-state index is -0.716. The van der Waals surface area contributed by atoms with Crippen LogP contribution in [0.5, 0.6) is 0 Å². The fourth-order valence-corrected chi connectivity index (χ4v) is 3.23. The smallest absolute Gasteiger partial charge is 0.315 e. The van der Waals surface area contributed by atoms with E-state index in [-0.39, 0.29) is 24.1 Å². The third-order valence-corrected chi connectivity index (χ3v) is 4.56. The first-order valence-corrected chi connectivity index (χ1v) is 7.93. The summed E-state index contributed by atoms with van der Waals surface area (Å²) in [6.07, 6.45) is 5.06. The molecule has 0 aromatic carbocycles. The molecule has 2 unspecified atom stereocenters. The molecule has 1 saturated heterocycles. The van der Waals surface area contributed by atoms with Crippen LogP contribution in [0.15, 0.2) is 0 Å². The summed E-state index contributed by atoms with van der Waals surface area (Å²) in [5.41, 5.74) is 0. The molecule has 0 bridgehead atoms. The molecule has 1 aliphatic carbocycles. The van der Waals surface area contributed by atoms with E-state index >= 15 is 0 Å². The van der Waals surface area contributed by atoms with E-state index in [0.717, 1.165) is 32.3 Å². The van der Waals surface area contributed by atoms with Gasteiger partial charge in [-0.15, -0.1) is 0 Å². The van der Waals surface area contributed by atoms with Crippen molar-refractivity contribution < 1.29 is 19.4 Å². The molecule has 1 aliphatic heterocycles. The zero-order valence-corrected chi connectivity index (χ0v) is 12.6. The molecule has 3 N–H and O–H groups in total. The molecule has 6 heteroatoms. The zero-order chi connectivity index (χ0) is 15.2. The Bertz CT molecular complexity index is 367. The Morgan fingerprint density at radius 2 is 1.90 bits per heavy atom. The van der Waals surface area contributed by atoms with Gasteiger partial charge in [-0.25, -0.2) is 4.79 Å². The molecular formula is C15H26N2O4. The van der Waals surface area contributed by atoms with Crippen LogP contribution in [0, 0.1) is 11.8 Å². The minimum Gasteiger partial charge on any atom is -0.481 e. The van der Waals surface area contributed by atoms with Crippen LogP contribution < -0.4 is 10.6 Å². The van der Waals surface area contributed by atoms with E-state index < -0.39 is 5.97 Å². The van der Waals surface area contributed by atoms with Crippen LogP contribution in [0.25, 0.3) is 0 Å². The van der Waals surface area contributed by atoms with Crippen molar-refractivity contribution in [2.75, 3.05) is 13.2 Å². The summed E-state index contributed by atoms with van der Waals surface area (Å²) in [7, 11) is 0. The summed E-state index contributed by atoms with van der Waals surface area (Å²) in [5, 5.41) is 14.8. The number of urea groups is 1. The lowest BCUT2D eigenvalue weighted by Gasteiger charge is -2.29. The predicted molar refractivity (Wildman–Crippen MR) is 78.1 cm³/mol. The number of hydrogen-bond donors (Lipinski definition) is 3. The highest BCUT2D eigenvalue weighted by molar-refractivity contribution is 5.74. The maximum atomic E-state index is 11.9. The van der Waals surface area contributed by atoms with Gasteiger partial charge >= 0.3 is 12.0 Å². The molecule has 2 fully saturated rings. The van der Waals surface area contributed by atoms with Crippen molar-refractivity contribution in [3.63, 3.8) is 0 Å². The Morgan fingerprint density at radius 3 is 2.52 bits per heavy atom. The van der Waals surface area contributed by atoms with Crippen LogP contribution in [0.4, 0.5) is 4.79 Å². The molecule has 21 heavy (non-hydrogen) atoms. The van der Waals surface area contributed by atoms with Gasteiger partial charge in [0.05, 0.1) is 12.0 Å². The maximum Gasteiger partial charge on any atom is 0.315 e. The molecule has 0 spiro atoms. The Labute approximate surface area is 125 Å². The van der Waals surface area contributed by atoms with Gasteiger partial charge in [-0.05, 0) is 51.4 Å². The molecule has 2 rings (SSSR count). The Kier molecular flexibility index (Phi) is 5.85. The average molecular weight is 298 g/mol. The normalized spacial score (nSPS) is 33.2. The highest BCUT2D eigenvalue weighted by Gasteiger charge is 2.27. The van der Waals surface area contributed by atoms with Gasteiger partial charge in [0, 0.05) is 19.2 Å². The Balaban J connectivity index is 1.62. The second-order valence-electron chi connectivity index (χ2n) is 6.31. The van der Waals surface area contributed by atoms with Crippen molar-refractivity contribution in [3.8, 4) is 0 Å². The van der Waals surface area contributed by atoms with Gasteiger partial charge in [0.25, 0.3) is 0 Å². The molecule has 1 saturated carbocycles. The maximum absolute atomic E-state index is 11.9. The summed E-state index contributed by atoms with van der Waals surface area (Å²) in [6, 6.07) is -0.0258. The number of ether oxygens (including phenoxy) is 1. The zero-order valence-electron chi connectivity index (χ0n) is 12.6. The van der Waals surface area contributed by atoms with E-state index in [4.69, 9.17) is 9.84 Å². The van der Waals surface area contributed by atoms with Gasteiger partial charge in [0.2, 0.25) is 0 Å². The molecule has 0 aromatic rings. The fraction of sp³-hybridized carbons (Fsp3) is 0.867. The SMILES string of the molecule is CC1CC(CNC(=O)NC2CCC(C(=O)O)CC2)CCO1. The first kappa shape index (κ1) is 16.1. The number of carboxylic acid groups (broad SMARTS) is 1. The number of nitrogens with one attached hydrogen (secondary N) is 2. The van der Waals surface area contributed by atoms with E-state index in [2.05, 4.69) is 17.6 Å². The van der Waals surface area contributed by atoms with E-state index in [1.54, 1.807) is 0 Å². The number of rotatable bonds is 4. The highest BCUT2D eigenvalue weighted by atomic mass is 16.5. The molecule has 120 valence electrons. The average Bonchev–Trinajstić information content (AvgIpc) is 2.46. The van der Waals surface area contributed by atoms with Crippen molar-refractivity contribution in [1.29, 1.82) is 0 Å². The Hall–Kier alpha value is -1.30. The van der Waals surface area contributed by atoms with E-state index in [0.29, 0.717) is 25.3 Å². The molecule has 2 amide bonds. The van der Waals surface area contributed by atoms with Crippen molar-refractivity contribution in [2.24, 2.45) is 11.8 Å². The molecule has 0 aromatic heterocycles. The second kappa shape index (κ2) is 7.64. The third kappa shape index (κ3) is 5.19. The summed E-state index contributed by atoms with van der Waals surface area (Å²) in [5.74, 6) is -0.469. The van der Waals surface area contributed by atoms with Crippen LogP contribution in [0.3, 0.4) is 0 Å². The summed E-state index contributed by atoms with van der Waals surface area (Å²) >= 11 is 0. The van der Waals surface area contributed by atoms with Crippen LogP contribution in [-0.4, -0.2) is 42.4 Å². The number of carbonyl (C=O) groups is 2.